The molecule has 1 aliphatic carbocycles. The number of carbonyl (C=O) groups excluding carboxylic acids is 1. The number of aromatic carboxylic acids is 1. The van der Waals surface area contributed by atoms with Crippen molar-refractivity contribution in [2.45, 2.75) is 31.8 Å². The molecule has 0 heterocycles. The Morgan fingerprint density at radius 2 is 2.10 bits per heavy atom. The highest BCUT2D eigenvalue weighted by Crippen LogP contribution is 2.27. The SMILES string of the molecule is COC1CCCC1CNC(=O)Cc1ccccc1C(=O)O. The minimum Gasteiger partial charge on any atom is -0.478 e. The fourth-order valence-corrected chi connectivity index (χ4v) is 2.91. The van der Waals surface area contributed by atoms with Crippen molar-refractivity contribution >= 4 is 11.9 Å². The first-order chi connectivity index (χ1) is 10.1. The minimum absolute atomic E-state index is 0.0901. The smallest absolute Gasteiger partial charge is 0.335 e. The molecule has 1 aromatic rings. The van der Waals surface area contributed by atoms with Crippen molar-refractivity contribution in [1.29, 1.82) is 0 Å². The van der Waals surface area contributed by atoms with E-state index >= 15 is 0 Å². The number of carboxylic acids is 1. The molecule has 0 radical (unpaired) electrons. The zero-order valence-electron chi connectivity index (χ0n) is 12.2. The van der Waals surface area contributed by atoms with E-state index in [1.165, 1.54) is 6.07 Å². The van der Waals surface area contributed by atoms with Crippen molar-refractivity contribution in [3.05, 3.63) is 35.4 Å². The molecule has 0 saturated heterocycles. The number of hydrogen-bond donors (Lipinski definition) is 2. The van der Waals surface area contributed by atoms with E-state index in [0.29, 0.717) is 18.0 Å². The number of carbonyl (C=O) groups is 2. The van der Waals surface area contributed by atoms with Crippen molar-refractivity contribution in [1.82, 2.24) is 5.32 Å². The van der Waals surface area contributed by atoms with Crippen LogP contribution in [0.4, 0.5) is 0 Å². The maximum Gasteiger partial charge on any atom is 0.335 e. The lowest BCUT2D eigenvalue weighted by atomic mass is 10.0. The molecule has 1 fully saturated rings. The molecule has 21 heavy (non-hydrogen) atoms. The van der Waals surface area contributed by atoms with E-state index in [4.69, 9.17) is 9.84 Å². The first-order valence-electron chi connectivity index (χ1n) is 7.22. The van der Waals surface area contributed by atoms with Crippen molar-refractivity contribution in [3.63, 3.8) is 0 Å². The molecule has 2 unspecified atom stereocenters. The summed E-state index contributed by atoms with van der Waals surface area (Å²) in [4.78, 5) is 23.1. The predicted molar refractivity (Wildman–Crippen MR) is 78.3 cm³/mol. The first-order valence-corrected chi connectivity index (χ1v) is 7.22. The molecule has 0 bridgehead atoms. The van der Waals surface area contributed by atoms with Crippen LogP contribution in [0.1, 0.15) is 35.2 Å². The molecule has 5 nitrogen and oxygen atoms in total. The number of hydrogen-bond acceptors (Lipinski definition) is 3. The maximum absolute atomic E-state index is 12.0. The second-order valence-electron chi connectivity index (χ2n) is 5.41. The lowest BCUT2D eigenvalue weighted by Gasteiger charge is -2.18. The van der Waals surface area contributed by atoms with Gasteiger partial charge in [0.25, 0.3) is 0 Å². The normalized spacial score (nSPS) is 21.2. The summed E-state index contributed by atoms with van der Waals surface area (Å²) in [6, 6.07) is 6.60. The number of carboxylic acid groups (broad SMARTS) is 1. The average molecular weight is 291 g/mol. The van der Waals surface area contributed by atoms with Crippen molar-refractivity contribution in [2.24, 2.45) is 5.92 Å². The van der Waals surface area contributed by atoms with Gasteiger partial charge in [-0.25, -0.2) is 4.79 Å². The largest absolute Gasteiger partial charge is 0.478 e. The van der Waals surface area contributed by atoms with Crippen molar-refractivity contribution in [2.75, 3.05) is 13.7 Å². The Balaban J connectivity index is 1.89. The van der Waals surface area contributed by atoms with Crippen molar-refractivity contribution in [3.8, 4) is 0 Å². The van der Waals surface area contributed by atoms with Crippen LogP contribution in [-0.2, 0) is 16.0 Å². The summed E-state index contributed by atoms with van der Waals surface area (Å²) in [5, 5.41) is 12.0. The van der Waals surface area contributed by atoms with Crippen LogP contribution in [0, 0.1) is 5.92 Å². The van der Waals surface area contributed by atoms with Gasteiger partial charge in [0, 0.05) is 19.6 Å². The van der Waals surface area contributed by atoms with E-state index in [-0.39, 0.29) is 24.0 Å². The zero-order chi connectivity index (χ0) is 15.2. The van der Waals surface area contributed by atoms with E-state index in [0.717, 1.165) is 19.3 Å². The van der Waals surface area contributed by atoms with Gasteiger partial charge in [0.1, 0.15) is 0 Å². The van der Waals surface area contributed by atoms with E-state index in [9.17, 15) is 9.59 Å². The van der Waals surface area contributed by atoms with Crippen LogP contribution >= 0.6 is 0 Å². The van der Waals surface area contributed by atoms with Gasteiger partial charge in [0.05, 0.1) is 18.1 Å². The monoisotopic (exact) mass is 291 g/mol. The summed E-state index contributed by atoms with van der Waals surface area (Å²) in [7, 11) is 1.70. The summed E-state index contributed by atoms with van der Waals surface area (Å²) < 4.78 is 5.40. The Labute approximate surface area is 124 Å². The van der Waals surface area contributed by atoms with E-state index < -0.39 is 5.97 Å². The third kappa shape index (κ3) is 4.04. The van der Waals surface area contributed by atoms with Gasteiger partial charge >= 0.3 is 5.97 Å². The van der Waals surface area contributed by atoms with E-state index in [2.05, 4.69) is 5.32 Å². The Morgan fingerprint density at radius 1 is 1.33 bits per heavy atom. The van der Waals surface area contributed by atoms with Gasteiger partial charge < -0.3 is 15.2 Å². The molecule has 2 atom stereocenters. The second kappa shape index (κ2) is 7.22. The number of benzene rings is 1. The molecule has 2 N–H and O–H groups in total. The Hall–Kier alpha value is -1.88. The van der Waals surface area contributed by atoms with Gasteiger partial charge in [-0.2, -0.15) is 0 Å². The van der Waals surface area contributed by atoms with E-state index in [1.807, 2.05) is 0 Å². The fourth-order valence-electron chi connectivity index (χ4n) is 2.91. The van der Waals surface area contributed by atoms with Crippen LogP contribution < -0.4 is 5.32 Å². The van der Waals surface area contributed by atoms with Gasteiger partial charge in [0.2, 0.25) is 5.91 Å². The first kappa shape index (κ1) is 15.5. The van der Waals surface area contributed by atoms with Gasteiger partial charge in [-0.1, -0.05) is 24.6 Å². The second-order valence-corrected chi connectivity index (χ2v) is 5.41. The zero-order valence-corrected chi connectivity index (χ0v) is 12.2. The topological polar surface area (TPSA) is 75.6 Å². The van der Waals surface area contributed by atoms with Gasteiger partial charge in [-0.05, 0) is 24.5 Å². The van der Waals surface area contributed by atoms with Crippen LogP contribution in [0.3, 0.4) is 0 Å². The highest BCUT2D eigenvalue weighted by atomic mass is 16.5. The van der Waals surface area contributed by atoms with Gasteiger partial charge in [-0.15, -0.1) is 0 Å². The molecule has 2 rings (SSSR count). The standard InChI is InChI=1S/C16H21NO4/c1-21-14-8-4-6-12(14)10-17-15(18)9-11-5-2-3-7-13(11)16(19)20/h2-3,5,7,12,14H,4,6,8-10H2,1H3,(H,17,18)(H,19,20). The summed E-state index contributed by atoms with van der Waals surface area (Å²) in [6.45, 7) is 0.590. The van der Waals surface area contributed by atoms with Crippen LogP contribution in [0.15, 0.2) is 24.3 Å². The number of methoxy groups -OCH3 is 1. The maximum atomic E-state index is 12.0. The molecular formula is C16H21NO4. The molecule has 1 amide bonds. The van der Waals surface area contributed by atoms with Crippen LogP contribution in [0.5, 0.6) is 0 Å². The lowest BCUT2D eigenvalue weighted by molar-refractivity contribution is -0.120. The van der Waals surface area contributed by atoms with Crippen LogP contribution in [-0.4, -0.2) is 36.7 Å². The molecule has 1 saturated carbocycles. The molecule has 1 aliphatic rings. The highest BCUT2D eigenvalue weighted by Gasteiger charge is 2.27. The predicted octanol–water partition coefficient (Wildman–Crippen LogP) is 1.86. The molecule has 0 aromatic heterocycles. The molecule has 1 aromatic carbocycles. The van der Waals surface area contributed by atoms with Gasteiger partial charge in [-0.3, -0.25) is 4.79 Å². The van der Waals surface area contributed by atoms with Crippen LogP contribution in [0.2, 0.25) is 0 Å². The summed E-state index contributed by atoms with van der Waals surface area (Å²) in [5.41, 5.74) is 0.723. The molecule has 0 spiro atoms. The summed E-state index contributed by atoms with van der Waals surface area (Å²) in [6.07, 6.45) is 3.54. The molecule has 114 valence electrons. The minimum atomic E-state index is -1.01. The number of amides is 1. The molecule has 0 aliphatic heterocycles. The quantitative estimate of drug-likeness (QED) is 0.839. The number of rotatable bonds is 6. The Bertz CT molecular complexity index is 515. The lowest BCUT2D eigenvalue weighted by Crippen LogP contribution is -2.34. The van der Waals surface area contributed by atoms with Gasteiger partial charge in [0.15, 0.2) is 0 Å². The Morgan fingerprint density at radius 3 is 2.81 bits per heavy atom. The fraction of sp³-hybridized carbons (Fsp3) is 0.500. The third-order valence-corrected chi connectivity index (χ3v) is 4.05. The van der Waals surface area contributed by atoms with Crippen molar-refractivity contribution < 1.29 is 19.4 Å². The molecule has 5 heteroatoms. The summed E-state index contributed by atoms with van der Waals surface area (Å²) >= 11 is 0. The Kier molecular flexibility index (Phi) is 5.33. The van der Waals surface area contributed by atoms with E-state index in [1.54, 1.807) is 25.3 Å². The molecular weight excluding hydrogens is 270 g/mol. The number of nitrogens with one attached hydrogen (secondary N) is 1. The third-order valence-electron chi connectivity index (χ3n) is 4.05. The number of ether oxygens (including phenoxy) is 1. The summed E-state index contributed by atoms with van der Waals surface area (Å²) in [5.74, 6) is -0.798. The highest BCUT2D eigenvalue weighted by molar-refractivity contribution is 5.91. The average Bonchev–Trinajstić information content (AvgIpc) is 2.93. The van der Waals surface area contributed by atoms with Crippen LogP contribution in [0.25, 0.3) is 0 Å².